The first-order chi connectivity index (χ1) is 13.5. The molecule has 0 N–H and O–H groups in total. The molecule has 0 saturated carbocycles. The van der Waals surface area contributed by atoms with Crippen LogP contribution in [0.3, 0.4) is 0 Å². The van der Waals surface area contributed by atoms with Crippen LogP contribution in [-0.4, -0.2) is 8.07 Å². The first-order valence-electron chi connectivity index (χ1n) is 9.98. The largest absolute Gasteiger partial charge is 0.163 e. The van der Waals surface area contributed by atoms with E-state index in [-0.39, 0.29) is 5.41 Å². The van der Waals surface area contributed by atoms with Crippen LogP contribution >= 0.6 is 0 Å². The summed E-state index contributed by atoms with van der Waals surface area (Å²) in [6.45, 7) is 6.98. The third-order valence-electron chi connectivity index (χ3n) is 5.65. The first kappa shape index (κ1) is 18.7. The molecule has 0 nitrogen and oxygen atoms in total. The molecule has 0 aliphatic heterocycles. The van der Waals surface area contributed by atoms with Crippen molar-refractivity contribution < 1.29 is 0 Å². The maximum absolute atomic E-state index is 2.40. The molecule has 1 aliphatic carbocycles. The molecule has 139 valence electrons. The predicted molar refractivity (Wildman–Crippen MR) is 124 cm³/mol. The summed E-state index contributed by atoms with van der Waals surface area (Å²) in [5, 5.41) is 4.30. The molecule has 28 heavy (non-hydrogen) atoms. The summed E-state index contributed by atoms with van der Waals surface area (Å²) in [6.07, 6.45) is 6.94. The number of hydrogen-bond donors (Lipinski definition) is 0. The van der Waals surface area contributed by atoms with Gasteiger partial charge in [-0.05, 0) is 21.0 Å². The summed E-state index contributed by atoms with van der Waals surface area (Å²) in [7, 11) is -2.40. The van der Waals surface area contributed by atoms with E-state index in [1.807, 2.05) is 0 Å². The molecule has 4 rings (SSSR count). The standard InChI is InChI=1S/C27H27Si/c1-27(2,3)25-20-13-21-26(25)28(22-14-7-4-8-15-22,23-16-9-5-10-17-23)24-18-11-6-12-19-24/h4-21H,1-3H3. The number of rotatable bonds is 4. The fraction of sp³-hybridized carbons (Fsp3) is 0.148. The normalized spacial score (nSPS) is 14.9. The van der Waals surface area contributed by atoms with Gasteiger partial charge in [-0.25, -0.2) is 0 Å². The Morgan fingerprint density at radius 3 is 1.32 bits per heavy atom. The highest BCUT2D eigenvalue weighted by molar-refractivity contribution is 7.16. The van der Waals surface area contributed by atoms with E-state index in [0.29, 0.717) is 0 Å². The average molecular weight is 380 g/mol. The van der Waals surface area contributed by atoms with E-state index in [2.05, 4.69) is 130 Å². The first-order valence-corrected chi connectivity index (χ1v) is 12.0. The van der Waals surface area contributed by atoms with Crippen molar-refractivity contribution in [2.24, 2.45) is 5.41 Å². The van der Waals surface area contributed by atoms with E-state index < -0.39 is 8.07 Å². The van der Waals surface area contributed by atoms with Crippen molar-refractivity contribution in [2.45, 2.75) is 20.8 Å². The molecule has 0 saturated heterocycles. The number of benzene rings is 3. The molecule has 3 aromatic rings. The maximum Gasteiger partial charge on any atom is 0.163 e. The van der Waals surface area contributed by atoms with Crippen LogP contribution in [0.5, 0.6) is 0 Å². The monoisotopic (exact) mass is 379 g/mol. The topological polar surface area (TPSA) is 0 Å². The minimum Gasteiger partial charge on any atom is -0.0750 e. The lowest BCUT2D eigenvalue weighted by atomic mass is 9.85. The van der Waals surface area contributed by atoms with Gasteiger partial charge in [0.05, 0.1) is 0 Å². The van der Waals surface area contributed by atoms with E-state index in [4.69, 9.17) is 0 Å². The third kappa shape index (κ3) is 3.10. The van der Waals surface area contributed by atoms with Crippen LogP contribution in [-0.2, 0) is 0 Å². The van der Waals surface area contributed by atoms with Gasteiger partial charge in [-0.1, -0.05) is 136 Å². The highest BCUT2D eigenvalue weighted by Crippen LogP contribution is 2.41. The predicted octanol–water partition coefficient (Wildman–Crippen LogP) is 4.81. The van der Waals surface area contributed by atoms with E-state index in [1.54, 1.807) is 0 Å². The zero-order chi connectivity index (χ0) is 19.6. The Kier molecular flexibility index (Phi) is 4.95. The molecule has 1 heteroatoms. The molecule has 0 bridgehead atoms. The number of hydrogen-bond acceptors (Lipinski definition) is 0. The van der Waals surface area contributed by atoms with E-state index >= 15 is 0 Å². The summed E-state index contributed by atoms with van der Waals surface area (Å²) < 4.78 is 0. The summed E-state index contributed by atoms with van der Waals surface area (Å²) in [4.78, 5) is 0. The molecule has 0 atom stereocenters. The van der Waals surface area contributed by atoms with Gasteiger partial charge in [-0.15, -0.1) is 0 Å². The Morgan fingerprint density at radius 1 is 0.571 bits per heavy atom. The second kappa shape index (κ2) is 7.41. The van der Waals surface area contributed by atoms with Gasteiger partial charge in [0.1, 0.15) is 0 Å². The molecule has 0 amide bonds. The van der Waals surface area contributed by atoms with Crippen molar-refractivity contribution >= 4 is 23.6 Å². The van der Waals surface area contributed by atoms with Gasteiger partial charge >= 0.3 is 0 Å². The van der Waals surface area contributed by atoms with Gasteiger partial charge < -0.3 is 0 Å². The zero-order valence-electron chi connectivity index (χ0n) is 16.9. The molecule has 1 aliphatic rings. The van der Waals surface area contributed by atoms with Gasteiger partial charge in [0.2, 0.25) is 0 Å². The minimum atomic E-state index is -2.40. The second-order valence-electron chi connectivity index (χ2n) is 8.45. The third-order valence-corrected chi connectivity index (χ3v) is 10.5. The van der Waals surface area contributed by atoms with Gasteiger partial charge in [0.15, 0.2) is 8.07 Å². The van der Waals surface area contributed by atoms with Crippen LogP contribution < -0.4 is 15.6 Å². The average Bonchev–Trinajstić information content (AvgIpc) is 3.22. The van der Waals surface area contributed by atoms with Crippen LogP contribution in [0.15, 0.2) is 115 Å². The van der Waals surface area contributed by atoms with Crippen LogP contribution in [0.1, 0.15) is 20.8 Å². The van der Waals surface area contributed by atoms with Crippen LogP contribution in [0.2, 0.25) is 0 Å². The molecule has 0 heterocycles. The fourth-order valence-electron chi connectivity index (χ4n) is 4.43. The summed E-state index contributed by atoms with van der Waals surface area (Å²) in [5.74, 6) is 0. The van der Waals surface area contributed by atoms with Crippen molar-refractivity contribution in [3.8, 4) is 0 Å². The quantitative estimate of drug-likeness (QED) is 0.451. The van der Waals surface area contributed by atoms with Crippen molar-refractivity contribution in [3.05, 3.63) is 120 Å². The SMILES string of the molecule is CC(C)(C)C1=CC=C[C]1[Si](c1ccccc1)(c1ccccc1)c1ccccc1. The molecular formula is C27H27Si. The minimum absolute atomic E-state index is 0.0927. The van der Waals surface area contributed by atoms with Gasteiger partial charge in [0, 0.05) is 5.54 Å². The van der Waals surface area contributed by atoms with Crippen LogP contribution in [0.4, 0.5) is 0 Å². The molecular weight excluding hydrogens is 352 g/mol. The zero-order valence-corrected chi connectivity index (χ0v) is 17.9. The molecule has 0 spiro atoms. The fourth-order valence-corrected chi connectivity index (χ4v) is 9.65. The highest BCUT2D eigenvalue weighted by Gasteiger charge is 2.49. The maximum atomic E-state index is 2.37. The van der Waals surface area contributed by atoms with Crippen molar-refractivity contribution in [1.29, 1.82) is 0 Å². The lowest BCUT2D eigenvalue weighted by molar-refractivity contribution is 0.509. The van der Waals surface area contributed by atoms with Crippen LogP contribution in [0, 0.1) is 11.0 Å². The summed E-state index contributed by atoms with van der Waals surface area (Å²) >= 11 is 0. The Balaban J connectivity index is 2.08. The lowest BCUT2D eigenvalue weighted by Crippen LogP contribution is -2.71. The van der Waals surface area contributed by atoms with Gasteiger partial charge in [0.25, 0.3) is 0 Å². The van der Waals surface area contributed by atoms with Crippen molar-refractivity contribution in [2.75, 3.05) is 0 Å². The highest BCUT2D eigenvalue weighted by atomic mass is 28.3. The second-order valence-corrected chi connectivity index (χ2v) is 12.2. The van der Waals surface area contributed by atoms with E-state index in [1.165, 1.54) is 26.7 Å². The van der Waals surface area contributed by atoms with E-state index in [9.17, 15) is 0 Å². The molecule has 0 unspecified atom stereocenters. The molecule has 0 fully saturated rings. The Bertz CT molecular complexity index is 880. The van der Waals surface area contributed by atoms with Crippen LogP contribution in [0.25, 0.3) is 0 Å². The molecule has 3 aromatic carbocycles. The smallest absolute Gasteiger partial charge is 0.0750 e. The van der Waals surface area contributed by atoms with Crippen molar-refractivity contribution in [3.63, 3.8) is 0 Å². The van der Waals surface area contributed by atoms with E-state index in [0.717, 1.165) is 0 Å². The lowest BCUT2D eigenvalue weighted by Gasteiger charge is -2.42. The number of allylic oxidation sites excluding steroid dienone is 4. The van der Waals surface area contributed by atoms with Gasteiger partial charge in [-0.3, -0.25) is 0 Å². The molecule has 0 aromatic heterocycles. The van der Waals surface area contributed by atoms with Crippen molar-refractivity contribution in [1.82, 2.24) is 0 Å². The summed E-state index contributed by atoms with van der Waals surface area (Å²) in [6, 6.07) is 33.4. The molecule has 1 radical (unpaired) electrons. The van der Waals surface area contributed by atoms with Gasteiger partial charge in [-0.2, -0.15) is 0 Å². The summed E-state index contributed by atoms with van der Waals surface area (Å²) in [5.41, 5.74) is 3.05. The Labute approximate surface area is 170 Å². The Hall–Kier alpha value is -2.64. The Morgan fingerprint density at radius 2 is 0.964 bits per heavy atom.